The van der Waals surface area contributed by atoms with Crippen LogP contribution in [-0.2, 0) is 22.5 Å². The Bertz CT molecular complexity index is 978. The highest BCUT2D eigenvalue weighted by Gasteiger charge is 2.22. The standard InChI is InChI=1S/C24H28BrN3O2/c25-19-13-11-18(12-14-19)17-28-21-8-4-3-7-20(21)27-23(28)10-2-1-5-15-26-24(29)22-9-6-16-30-22/h3-4,7-8,11-14,22H,1-2,5-6,9-10,15-17H2,(H,26,29). The van der Waals surface area contributed by atoms with Gasteiger partial charge in [0.1, 0.15) is 11.9 Å². The molecule has 0 bridgehead atoms. The summed E-state index contributed by atoms with van der Waals surface area (Å²) in [5.41, 5.74) is 3.49. The number of imidazole rings is 1. The maximum Gasteiger partial charge on any atom is 0.249 e. The molecule has 5 nitrogen and oxygen atoms in total. The Labute approximate surface area is 186 Å². The minimum atomic E-state index is -0.233. The Morgan fingerprint density at radius 1 is 1.13 bits per heavy atom. The number of aromatic nitrogens is 2. The number of aryl methyl sites for hydroxylation is 1. The summed E-state index contributed by atoms with van der Waals surface area (Å²) in [6.07, 6.45) is 5.63. The van der Waals surface area contributed by atoms with Crippen molar-refractivity contribution < 1.29 is 9.53 Å². The second-order valence-corrected chi connectivity index (χ2v) is 8.75. The molecule has 1 fully saturated rings. The summed E-state index contributed by atoms with van der Waals surface area (Å²) < 4.78 is 8.84. The van der Waals surface area contributed by atoms with E-state index in [9.17, 15) is 4.79 Å². The minimum absolute atomic E-state index is 0.0452. The Hall–Kier alpha value is -2.18. The lowest BCUT2D eigenvalue weighted by Crippen LogP contribution is -2.34. The fraction of sp³-hybridized carbons (Fsp3) is 0.417. The highest BCUT2D eigenvalue weighted by molar-refractivity contribution is 9.10. The van der Waals surface area contributed by atoms with Gasteiger partial charge < -0.3 is 14.6 Å². The van der Waals surface area contributed by atoms with Crippen LogP contribution in [0.25, 0.3) is 11.0 Å². The number of rotatable bonds is 9. The number of halogens is 1. The molecule has 0 radical (unpaired) electrons. The zero-order valence-corrected chi connectivity index (χ0v) is 18.7. The number of amides is 1. The van der Waals surface area contributed by atoms with E-state index in [1.807, 2.05) is 6.07 Å². The largest absolute Gasteiger partial charge is 0.368 e. The Balaban J connectivity index is 1.32. The van der Waals surface area contributed by atoms with E-state index in [1.54, 1.807) is 0 Å². The molecule has 0 aliphatic carbocycles. The Morgan fingerprint density at radius 3 is 2.77 bits per heavy atom. The first kappa shape index (κ1) is 21.1. The zero-order valence-electron chi connectivity index (χ0n) is 17.1. The number of nitrogens with zero attached hydrogens (tertiary/aromatic N) is 2. The SMILES string of the molecule is O=C(NCCCCCc1nc2ccccc2n1Cc1ccc(Br)cc1)C1CCCO1. The molecule has 1 aromatic heterocycles. The maximum atomic E-state index is 12.0. The van der Waals surface area contributed by atoms with Crippen molar-refractivity contribution in [3.05, 3.63) is 64.4 Å². The summed E-state index contributed by atoms with van der Waals surface area (Å²) in [7, 11) is 0. The number of benzene rings is 2. The smallest absolute Gasteiger partial charge is 0.249 e. The molecule has 2 aromatic carbocycles. The molecule has 1 saturated heterocycles. The second kappa shape index (κ2) is 10.2. The van der Waals surface area contributed by atoms with Crippen LogP contribution in [0, 0.1) is 0 Å². The van der Waals surface area contributed by atoms with Crippen molar-refractivity contribution in [3.63, 3.8) is 0 Å². The van der Waals surface area contributed by atoms with Crippen molar-refractivity contribution >= 4 is 32.9 Å². The summed E-state index contributed by atoms with van der Waals surface area (Å²) in [6.45, 7) is 2.24. The van der Waals surface area contributed by atoms with Gasteiger partial charge in [0.2, 0.25) is 5.91 Å². The number of carbonyl (C=O) groups excluding carboxylic acids is 1. The Morgan fingerprint density at radius 2 is 1.97 bits per heavy atom. The van der Waals surface area contributed by atoms with Gasteiger partial charge in [-0.2, -0.15) is 0 Å². The monoisotopic (exact) mass is 469 g/mol. The predicted molar refractivity (Wildman–Crippen MR) is 123 cm³/mol. The highest BCUT2D eigenvalue weighted by Crippen LogP contribution is 2.20. The molecule has 2 heterocycles. The molecule has 6 heteroatoms. The van der Waals surface area contributed by atoms with Gasteiger partial charge in [-0.1, -0.05) is 46.6 Å². The van der Waals surface area contributed by atoms with Crippen LogP contribution in [0.5, 0.6) is 0 Å². The third-order valence-electron chi connectivity index (χ3n) is 5.59. The van der Waals surface area contributed by atoms with Gasteiger partial charge in [-0.25, -0.2) is 4.98 Å². The fourth-order valence-electron chi connectivity index (χ4n) is 3.96. The van der Waals surface area contributed by atoms with Gasteiger partial charge in [0.25, 0.3) is 0 Å². The lowest BCUT2D eigenvalue weighted by atomic mass is 10.1. The quantitative estimate of drug-likeness (QED) is 0.455. The molecule has 1 aliphatic heterocycles. The lowest BCUT2D eigenvalue weighted by Gasteiger charge is -2.11. The fourth-order valence-corrected chi connectivity index (χ4v) is 4.22. The molecule has 158 valence electrons. The van der Waals surface area contributed by atoms with Crippen molar-refractivity contribution in [1.82, 2.24) is 14.9 Å². The maximum absolute atomic E-state index is 12.0. The van der Waals surface area contributed by atoms with E-state index < -0.39 is 0 Å². The number of ether oxygens (including phenoxy) is 1. The molecule has 1 atom stereocenters. The van der Waals surface area contributed by atoms with E-state index in [1.165, 1.54) is 11.1 Å². The van der Waals surface area contributed by atoms with Crippen LogP contribution in [-0.4, -0.2) is 34.7 Å². The van der Waals surface area contributed by atoms with Gasteiger partial charge in [-0.3, -0.25) is 4.79 Å². The number of hydrogen-bond donors (Lipinski definition) is 1. The zero-order chi connectivity index (χ0) is 20.8. The van der Waals surface area contributed by atoms with Crippen molar-refractivity contribution in [3.8, 4) is 0 Å². The van der Waals surface area contributed by atoms with Crippen LogP contribution < -0.4 is 5.32 Å². The van der Waals surface area contributed by atoms with E-state index in [4.69, 9.17) is 9.72 Å². The van der Waals surface area contributed by atoms with Gasteiger partial charge in [0.05, 0.1) is 11.0 Å². The van der Waals surface area contributed by atoms with Crippen LogP contribution in [0.4, 0.5) is 0 Å². The highest BCUT2D eigenvalue weighted by atomic mass is 79.9. The number of nitrogens with one attached hydrogen (secondary N) is 1. The summed E-state index contributed by atoms with van der Waals surface area (Å²) in [6, 6.07) is 16.8. The molecule has 0 spiro atoms. The first-order valence-corrected chi connectivity index (χ1v) is 11.6. The first-order chi connectivity index (χ1) is 14.7. The Kier molecular flexibility index (Phi) is 7.18. The molecular weight excluding hydrogens is 442 g/mol. The normalized spacial score (nSPS) is 16.2. The third kappa shape index (κ3) is 5.29. The van der Waals surface area contributed by atoms with Crippen molar-refractivity contribution in [2.75, 3.05) is 13.2 Å². The summed E-state index contributed by atoms with van der Waals surface area (Å²) in [5, 5.41) is 3.00. The summed E-state index contributed by atoms with van der Waals surface area (Å²) >= 11 is 3.51. The number of carbonyl (C=O) groups is 1. The topological polar surface area (TPSA) is 56.2 Å². The van der Waals surface area contributed by atoms with Crippen LogP contribution in [0.1, 0.15) is 43.5 Å². The van der Waals surface area contributed by atoms with Gasteiger partial charge in [-0.05, 0) is 55.5 Å². The summed E-state index contributed by atoms with van der Waals surface area (Å²) in [5.74, 6) is 1.17. The number of para-hydroxylation sites is 2. The molecule has 0 saturated carbocycles. The third-order valence-corrected chi connectivity index (χ3v) is 6.11. The van der Waals surface area contributed by atoms with E-state index in [-0.39, 0.29) is 12.0 Å². The van der Waals surface area contributed by atoms with Crippen LogP contribution in [0.3, 0.4) is 0 Å². The first-order valence-electron chi connectivity index (χ1n) is 10.8. The average Bonchev–Trinajstić information content (AvgIpc) is 3.41. The summed E-state index contributed by atoms with van der Waals surface area (Å²) in [4.78, 5) is 16.9. The average molecular weight is 470 g/mol. The van der Waals surface area contributed by atoms with E-state index in [2.05, 4.69) is 68.3 Å². The molecule has 1 unspecified atom stereocenters. The van der Waals surface area contributed by atoms with E-state index in [0.29, 0.717) is 13.2 Å². The molecule has 4 rings (SSSR count). The van der Waals surface area contributed by atoms with Gasteiger partial charge in [0, 0.05) is 30.6 Å². The molecule has 1 aliphatic rings. The van der Waals surface area contributed by atoms with E-state index >= 15 is 0 Å². The number of hydrogen-bond acceptors (Lipinski definition) is 3. The van der Waals surface area contributed by atoms with Crippen LogP contribution in [0.15, 0.2) is 53.0 Å². The van der Waals surface area contributed by atoms with Crippen LogP contribution >= 0.6 is 15.9 Å². The predicted octanol–water partition coefficient (Wildman–Crippen LogP) is 4.86. The van der Waals surface area contributed by atoms with Gasteiger partial charge >= 0.3 is 0 Å². The molecule has 1 N–H and O–H groups in total. The van der Waals surface area contributed by atoms with Gasteiger partial charge in [-0.15, -0.1) is 0 Å². The molecule has 30 heavy (non-hydrogen) atoms. The number of unbranched alkanes of at least 4 members (excludes halogenated alkanes) is 2. The van der Waals surface area contributed by atoms with Crippen LogP contribution in [0.2, 0.25) is 0 Å². The molecule has 1 amide bonds. The molecular formula is C24H28BrN3O2. The minimum Gasteiger partial charge on any atom is -0.368 e. The second-order valence-electron chi connectivity index (χ2n) is 7.83. The lowest BCUT2D eigenvalue weighted by molar-refractivity contribution is -0.130. The van der Waals surface area contributed by atoms with Crippen molar-refractivity contribution in [2.24, 2.45) is 0 Å². The van der Waals surface area contributed by atoms with E-state index in [0.717, 1.165) is 60.9 Å². The van der Waals surface area contributed by atoms with Crippen molar-refractivity contribution in [2.45, 2.75) is 51.2 Å². The van der Waals surface area contributed by atoms with Gasteiger partial charge in [0.15, 0.2) is 0 Å². The number of fused-ring (bicyclic) bond motifs is 1. The molecule has 3 aromatic rings. The van der Waals surface area contributed by atoms with Crippen molar-refractivity contribution in [1.29, 1.82) is 0 Å².